The number of nitrogens with zero attached hydrogens (tertiary/aromatic N) is 2. The van der Waals surface area contributed by atoms with Gasteiger partial charge in [0.1, 0.15) is 6.61 Å². The second-order valence-corrected chi connectivity index (χ2v) is 12.9. The fourth-order valence-electron chi connectivity index (χ4n) is 5.50. The van der Waals surface area contributed by atoms with Crippen LogP contribution in [-0.2, 0) is 30.7 Å². The fraction of sp³-hybridized carbons (Fsp3) is 0.500. The van der Waals surface area contributed by atoms with E-state index in [0.717, 1.165) is 63.0 Å². The molecule has 1 unspecified atom stereocenters. The molecule has 2 amide bonds. The van der Waals surface area contributed by atoms with Gasteiger partial charge in [0, 0.05) is 38.0 Å². The van der Waals surface area contributed by atoms with E-state index in [0.29, 0.717) is 11.6 Å². The number of nitrogens with one attached hydrogen (secondary N) is 1. The standard InChI is InChI=1S/C28H36ClN3O5S/c1-37-20-26(33)30-25(22-4-3-5-23(29)18-22)10-14-31-15-11-28(12-16-31)13-17-32(27(28)34)19-21-6-8-24(9-7-21)38(2,35)36/h3-9,18,25H,10-17,19-20H2,1-2H3,(H,30,33). The third kappa shape index (κ3) is 6.94. The lowest BCUT2D eigenvalue weighted by Gasteiger charge is -2.38. The van der Waals surface area contributed by atoms with Gasteiger partial charge >= 0.3 is 0 Å². The summed E-state index contributed by atoms with van der Waals surface area (Å²) < 4.78 is 28.4. The number of rotatable bonds is 10. The SMILES string of the molecule is COCC(=O)NC(CCN1CCC2(CC1)CCN(Cc1ccc(S(C)(=O)=O)cc1)C2=O)c1cccc(Cl)c1. The number of methoxy groups -OCH3 is 1. The molecule has 1 atom stereocenters. The molecule has 2 aromatic rings. The quantitative estimate of drug-likeness (QED) is 0.477. The molecule has 1 spiro atoms. The first kappa shape index (κ1) is 28.5. The normalized spacial score (nSPS) is 18.6. The van der Waals surface area contributed by atoms with E-state index in [1.807, 2.05) is 29.2 Å². The number of carbonyl (C=O) groups is 2. The molecule has 8 nitrogen and oxygen atoms in total. The number of carbonyl (C=O) groups excluding carboxylic acids is 2. The van der Waals surface area contributed by atoms with Gasteiger partial charge in [-0.1, -0.05) is 35.9 Å². The largest absolute Gasteiger partial charge is 0.375 e. The van der Waals surface area contributed by atoms with Crippen molar-refractivity contribution in [2.45, 2.75) is 43.2 Å². The molecule has 2 saturated heterocycles. The van der Waals surface area contributed by atoms with Gasteiger partial charge in [-0.25, -0.2) is 8.42 Å². The van der Waals surface area contributed by atoms with E-state index in [9.17, 15) is 18.0 Å². The van der Waals surface area contributed by atoms with Crippen molar-refractivity contribution >= 4 is 33.3 Å². The van der Waals surface area contributed by atoms with Crippen molar-refractivity contribution in [1.29, 1.82) is 0 Å². The molecule has 2 aliphatic heterocycles. The van der Waals surface area contributed by atoms with Gasteiger partial charge in [-0.05, 0) is 74.2 Å². The summed E-state index contributed by atoms with van der Waals surface area (Å²) in [6.45, 7) is 3.68. The number of benzene rings is 2. The maximum atomic E-state index is 13.4. The van der Waals surface area contributed by atoms with Crippen LogP contribution in [0.3, 0.4) is 0 Å². The molecule has 0 aliphatic carbocycles. The minimum absolute atomic E-state index is 0.00373. The minimum atomic E-state index is -3.24. The Bertz CT molecular complexity index is 1240. The van der Waals surface area contributed by atoms with Gasteiger partial charge in [-0.2, -0.15) is 0 Å². The Hall–Kier alpha value is -2.46. The third-order valence-corrected chi connectivity index (χ3v) is 9.10. The van der Waals surface area contributed by atoms with Gasteiger partial charge < -0.3 is 19.9 Å². The predicted octanol–water partition coefficient (Wildman–Crippen LogP) is 3.45. The first-order valence-electron chi connectivity index (χ1n) is 12.9. The molecule has 2 heterocycles. The monoisotopic (exact) mass is 561 g/mol. The average molecular weight is 562 g/mol. The van der Waals surface area contributed by atoms with Crippen LogP contribution in [0.25, 0.3) is 0 Å². The molecule has 0 saturated carbocycles. The summed E-state index contributed by atoms with van der Waals surface area (Å²) in [5.74, 6) is 0.0330. The van der Waals surface area contributed by atoms with Crippen LogP contribution in [0.5, 0.6) is 0 Å². The van der Waals surface area contributed by atoms with Gasteiger partial charge in [0.25, 0.3) is 0 Å². The molecule has 0 aromatic heterocycles. The van der Waals surface area contributed by atoms with Gasteiger partial charge in [0.05, 0.1) is 16.4 Å². The van der Waals surface area contributed by atoms with Crippen LogP contribution in [0.15, 0.2) is 53.4 Å². The van der Waals surface area contributed by atoms with E-state index < -0.39 is 9.84 Å². The number of hydrogen-bond donors (Lipinski definition) is 1. The number of halogens is 1. The lowest BCUT2D eigenvalue weighted by Crippen LogP contribution is -2.45. The molecule has 2 fully saturated rings. The predicted molar refractivity (Wildman–Crippen MR) is 147 cm³/mol. The second-order valence-electron chi connectivity index (χ2n) is 10.4. The zero-order chi connectivity index (χ0) is 27.3. The molecule has 206 valence electrons. The van der Waals surface area contributed by atoms with Crippen molar-refractivity contribution in [2.24, 2.45) is 5.41 Å². The molecule has 0 bridgehead atoms. The van der Waals surface area contributed by atoms with Crippen molar-refractivity contribution in [3.05, 3.63) is 64.7 Å². The number of sulfone groups is 1. The lowest BCUT2D eigenvalue weighted by molar-refractivity contribution is -0.139. The molecular weight excluding hydrogens is 526 g/mol. The van der Waals surface area contributed by atoms with E-state index in [-0.39, 0.29) is 34.8 Å². The molecule has 2 aliphatic rings. The highest BCUT2D eigenvalue weighted by atomic mass is 35.5. The summed E-state index contributed by atoms with van der Waals surface area (Å²) >= 11 is 6.20. The van der Waals surface area contributed by atoms with Gasteiger partial charge in [0.2, 0.25) is 11.8 Å². The van der Waals surface area contributed by atoms with Crippen LogP contribution < -0.4 is 5.32 Å². The van der Waals surface area contributed by atoms with Crippen LogP contribution in [0.1, 0.15) is 42.9 Å². The van der Waals surface area contributed by atoms with Gasteiger partial charge in [-0.3, -0.25) is 9.59 Å². The lowest BCUT2D eigenvalue weighted by atomic mass is 9.77. The first-order chi connectivity index (χ1) is 18.1. The smallest absolute Gasteiger partial charge is 0.246 e. The van der Waals surface area contributed by atoms with Crippen LogP contribution in [-0.4, -0.2) is 76.2 Å². The number of likely N-dealkylation sites (tertiary alicyclic amines) is 2. The Kier molecular flexibility index (Phi) is 9.13. The Balaban J connectivity index is 1.31. The summed E-state index contributed by atoms with van der Waals surface area (Å²) in [5, 5.41) is 3.68. The zero-order valence-corrected chi connectivity index (χ0v) is 23.6. The third-order valence-electron chi connectivity index (χ3n) is 7.73. The van der Waals surface area contributed by atoms with Crippen LogP contribution in [0.4, 0.5) is 0 Å². The summed E-state index contributed by atoms with van der Waals surface area (Å²) in [5.41, 5.74) is 1.58. The van der Waals surface area contributed by atoms with Crippen molar-refractivity contribution in [1.82, 2.24) is 15.1 Å². The van der Waals surface area contributed by atoms with Crippen LogP contribution in [0, 0.1) is 5.41 Å². The molecule has 38 heavy (non-hydrogen) atoms. The summed E-state index contributed by atoms with van der Waals surface area (Å²) in [6, 6.07) is 14.2. The van der Waals surface area contributed by atoms with Crippen LogP contribution >= 0.6 is 11.6 Å². The Morgan fingerprint density at radius 1 is 1.11 bits per heavy atom. The van der Waals surface area contributed by atoms with Crippen molar-refractivity contribution in [3.8, 4) is 0 Å². The topological polar surface area (TPSA) is 96.0 Å². The number of hydrogen-bond acceptors (Lipinski definition) is 6. The van der Waals surface area contributed by atoms with Crippen molar-refractivity contribution in [3.63, 3.8) is 0 Å². The van der Waals surface area contributed by atoms with Crippen LogP contribution in [0.2, 0.25) is 5.02 Å². The van der Waals surface area contributed by atoms with E-state index in [1.165, 1.54) is 13.4 Å². The molecular formula is C28H36ClN3O5S. The number of amides is 2. The van der Waals surface area contributed by atoms with E-state index in [2.05, 4.69) is 10.2 Å². The first-order valence-corrected chi connectivity index (χ1v) is 15.2. The molecule has 2 aromatic carbocycles. The average Bonchev–Trinajstić information content (AvgIpc) is 3.17. The van der Waals surface area contributed by atoms with Gasteiger partial charge in [-0.15, -0.1) is 0 Å². The van der Waals surface area contributed by atoms with Crippen molar-refractivity contribution in [2.75, 3.05) is 46.2 Å². The number of ether oxygens (including phenoxy) is 1. The molecule has 4 rings (SSSR count). The highest BCUT2D eigenvalue weighted by molar-refractivity contribution is 7.90. The Morgan fingerprint density at radius 3 is 2.42 bits per heavy atom. The van der Waals surface area contributed by atoms with Crippen molar-refractivity contribution < 1.29 is 22.7 Å². The van der Waals surface area contributed by atoms with E-state index in [4.69, 9.17) is 16.3 Å². The fourth-order valence-corrected chi connectivity index (χ4v) is 6.33. The summed E-state index contributed by atoms with van der Waals surface area (Å²) in [4.78, 5) is 30.2. The maximum Gasteiger partial charge on any atom is 0.246 e. The molecule has 1 N–H and O–H groups in total. The van der Waals surface area contributed by atoms with Gasteiger partial charge in [0.15, 0.2) is 9.84 Å². The molecule has 10 heteroatoms. The minimum Gasteiger partial charge on any atom is -0.375 e. The zero-order valence-electron chi connectivity index (χ0n) is 22.0. The molecule has 0 radical (unpaired) electrons. The second kappa shape index (κ2) is 12.2. The Labute approximate surface area is 230 Å². The highest BCUT2D eigenvalue weighted by Gasteiger charge is 2.47. The Morgan fingerprint density at radius 2 is 1.79 bits per heavy atom. The summed E-state index contributed by atoms with van der Waals surface area (Å²) in [6.07, 6.45) is 4.39. The van der Waals surface area contributed by atoms with E-state index in [1.54, 1.807) is 24.3 Å². The highest BCUT2D eigenvalue weighted by Crippen LogP contribution is 2.42. The maximum absolute atomic E-state index is 13.4. The van der Waals surface area contributed by atoms with E-state index >= 15 is 0 Å². The summed E-state index contributed by atoms with van der Waals surface area (Å²) in [7, 11) is -1.74. The number of piperidine rings is 1.